The number of rotatable bonds is 2. The Balaban J connectivity index is 1.26. The molecule has 5 nitrogen and oxygen atoms in total. The first kappa shape index (κ1) is 26.0. The summed E-state index contributed by atoms with van der Waals surface area (Å²) < 4.78 is 15.4. The topological polar surface area (TPSA) is 57.0 Å². The van der Waals surface area contributed by atoms with E-state index < -0.39 is 0 Å². The second-order valence-electron chi connectivity index (χ2n) is 13.7. The van der Waals surface area contributed by atoms with Crippen molar-refractivity contribution in [3.63, 3.8) is 0 Å². The van der Waals surface area contributed by atoms with E-state index in [4.69, 9.17) is 18.8 Å². The molecule has 0 N–H and O–H groups in total. The summed E-state index contributed by atoms with van der Waals surface area (Å²) in [5.41, 5.74) is 10.2. The van der Waals surface area contributed by atoms with Crippen LogP contribution < -0.4 is 0 Å². The highest BCUT2D eigenvalue weighted by molar-refractivity contribution is 6.38. The molecule has 0 aliphatic heterocycles. The van der Waals surface area contributed by atoms with Gasteiger partial charge in [0.25, 0.3) is 0 Å². The minimum Gasteiger partial charge on any atom is -0.456 e. The van der Waals surface area contributed by atoms with Gasteiger partial charge in [0.1, 0.15) is 28.0 Å². The second-order valence-corrected chi connectivity index (χ2v) is 13.7. The molecule has 0 saturated heterocycles. The van der Waals surface area contributed by atoms with Crippen LogP contribution in [-0.2, 0) is 0 Å². The number of hydrogen-bond acceptors (Lipinski definition) is 4. The molecule has 0 bridgehead atoms. The molecule has 12 aromatic rings. The Labute approximate surface area is 288 Å². The summed E-state index contributed by atoms with van der Waals surface area (Å²) in [7, 11) is 0. The normalized spacial score (nSPS) is 12.7. The first-order valence-corrected chi connectivity index (χ1v) is 17.2. The van der Waals surface area contributed by atoms with E-state index in [0.29, 0.717) is 5.71 Å². The summed E-state index contributed by atoms with van der Waals surface area (Å²) in [5, 5.41) is 12.6. The number of fused-ring (bicyclic) bond motifs is 6. The minimum absolute atomic E-state index is 0.514. The fraction of sp³-hybridized carbons (Fsp3) is 0. The van der Waals surface area contributed by atoms with Crippen LogP contribution in [0, 0.1) is 0 Å². The smallest absolute Gasteiger partial charge is 0.248 e. The summed E-state index contributed by atoms with van der Waals surface area (Å²) in [6.07, 6.45) is 0. The molecule has 8 aromatic carbocycles. The van der Waals surface area contributed by atoms with Crippen molar-refractivity contribution < 1.29 is 8.83 Å². The van der Waals surface area contributed by atoms with Crippen molar-refractivity contribution in [2.45, 2.75) is 0 Å². The van der Waals surface area contributed by atoms with E-state index in [1.807, 2.05) is 0 Å². The molecule has 234 valence electrons. The Hall–Kier alpha value is -6.98. The van der Waals surface area contributed by atoms with Gasteiger partial charge in [-0.05, 0) is 79.8 Å². The maximum absolute atomic E-state index is 6.59. The Morgan fingerprint density at radius 3 is 1.96 bits per heavy atom. The molecule has 0 amide bonds. The van der Waals surface area contributed by atoms with Crippen molar-refractivity contribution in [2.24, 2.45) is 0 Å². The van der Waals surface area contributed by atoms with Gasteiger partial charge in [0.05, 0.1) is 11.0 Å². The number of aromatic nitrogens is 3. The number of benzene rings is 8. The van der Waals surface area contributed by atoms with Crippen molar-refractivity contribution in [2.75, 3.05) is 0 Å². The molecule has 0 spiro atoms. The SMILES string of the molecule is c1ccc2cc3c(cc2c1)oc1nc(-n2c4ccc5cccc6c5c4c4c5c(ccc42)oc2cccc-6c25)c(-c2cccc4ccccc24)nc13. The molecule has 0 fully saturated rings. The van der Waals surface area contributed by atoms with Crippen LogP contribution in [0.5, 0.6) is 0 Å². The van der Waals surface area contributed by atoms with Gasteiger partial charge in [-0.25, -0.2) is 4.98 Å². The fourth-order valence-electron chi connectivity index (χ4n) is 8.97. The van der Waals surface area contributed by atoms with Crippen molar-refractivity contribution in [1.82, 2.24) is 14.5 Å². The zero-order chi connectivity index (χ0) is 32.9. The Kier molecular flexibility index (Phi) is 4.57. The first-order chi connectivity index (χ1) is 25.3. The van der Waals surface area contributed by atoms with Gasteiger partial charge in [-0.15, -0.1) is 0 Å². The lowest BCUT2D eigenvalue weighted by Crippen LogP contribution is -2.03. The average Bonchev–Trinajstić information content (AvgIpc) is 3.81. The van der Waals surface area contributed by atoms with Gasteiger partial charge in [0.15, 0.2) is 5.82 Å². The van der Waals surface area contributed by atoms with Crippen LogP contribution in [0.3, 0.4) is 0 Å². The number of nitrogens with zero attached hydrogens (tertiary/aromatic N) is 3. The van der Waals surface area contributed by atoms with Crippen molar-refractivity contribution in [1.29, 1.82) is 0 Å². The van der Waals surface area contributed by atoms with Crippen LogP contribution in [0.15, 0.2) is 148 Å². The van der Waals surface area contributed by atoms with Crippen molar-refractivity contribution >= 4 is 98.3 Å². The lowest BCUT2D eigenvalue weighted by atomic mass is 9.95. The summed E-state index contributed by atoms with van der Waals surface area (Å²) in [6, 6.07) is 49.4. The van der Waals surface area contributed by atoms with Gasteiger partial charge in [-0.2, -0.15) is 4.98 Å². The average molecular weight is 650 g/mol. The van der Waals surface area contributed by atoms with Crippen LogP contribution in [0.1, 0.15) is 0 Å². The largest absolute Gasteiger partial charge is 0.456 e. The molecule has 13 rings (SSSR count). The summed E-state index contributed by atoms with van der Waals surface area (Å²) >= 11 is 0. The third kappa shape index (κ3) is 3.17. The van der Waals surface area contributed by atoms with Crippen LogP contribution in [-0.4, -0.2) is 14.5 Å². The van der Waals surface area contributed by atoms with Crippen LogP contribution >= 0.6 is 0 Å². The van der Waals surface area contributed by atoms with Gasteiger partial charge >= 0.3 is 0 Å². The zero-order valence-electron chi connectivity index (χ0n) is 26.9. The molecule has 0 radical (unpaired) electrons. The monoisotopic (exact) mass is 649 g/mol. The van der Waals surface area contributed by atoms with Crippen LogP contribution in [0.2, 0.25) is 0 Å². The predicted molar refractivity (Wildman–Crippen MR) is 208 cm³/mol. The molecule has 0 atom stereocenters. The van der Waals surface area contributed by atoms with Crippen LogP contribution in [0.25, 0.3) is 126 Å². The lowest BCUT2D eigenvalue weighted by Gasteiger charge is -2.15. The highest BCUT2D eigenvalue weighted by Crippen LogP contribution is 2.51. The van der Waals surface area contributed by atoms with Gasteiger partial charge < -0.3 is 8.83 Å². The molecule has 1 aliphatic rings. The zero-order valence-corrected chi connectivity index (χ0v) is 26.9. The van der Waals surface area contributed by atoms with E-state index in [-0.39, 0.29) is 0 Å². The quantitative estimate of drug-likeness (QED) is 0.187. The van der Waals surface area contributed by atoms with Crippen molar-refractivity contribution in [3.05, 3.63) is 140 Å². The van der Waals surface area contributed by atoms with E-state index in [2.05, 4.69) is 144 Å². The van der Waals surface area contributed by atoms with E-state index in [1.54, 1.807) is 0 Å². The molecular formula is C46H23N3O2. The minimum atomic E-state index is 0.514. The highest BCUT2D eigenvalue weighted by atomic mass is 16.3. The molecule has 5 heteroatoms. The Morgan fingerprint density at radius 2 is 1.08 bits per heavy atom. The molecular weight excluding hydrogens is 627 g/mol. The van der Waals surface area contributed by atoms with E-state index in [0.717, 1.165) is 88.1 Å². The summed E-state index contributed by atoms with van der Waals surface area (Å²) in [6.45, 7) is 0. The Bertz CT molecular complexity index is 3540. The van der Waals surface area contributed by atoms with E-state index in [9.17, 15) is 0 Å². The molecule has 51 heavy (non-hydrogen) atoms. The Morgan fingerprint density at radius 1 is 0.412 bits per heavy atom. The lowest BCUT2D eigenvalue weighted by molar-refractivity contribution is 0.652. The van der Waals surface area contributed by atoms with Gasteiger partial charge in [0, 0.05) is 32.5 Å². The van der Waals surface area contributed by atoms with E-state index in [1.165, 1.54) is 32.7 Å². The molecule has 1 aliphatic carbocycles. The third-order valence-corrected chi connectivity index (χ3v) is 11.1. The number of hydrogen-bond donors (Lipinski definition) is 0. The summed E-state index contributed by atoms with van der Waals surface area (Å²) in [5.74, 6) is 0.729. The van der Waals surface area contributed by atoms with E-state index >= 15 is 0 Å². The predicted octanol–water partition coefficient (Wildman–Crippen LogP) is 12.5. The van der Waals surface area contributed by atoms with Crippen LogP contribution in [0.4, 0.5) is 0 Å². The van der Waals surface area contributed by atoms with Gasteiger partial charge in [0.2, 0.25) is 5.71 Å². The standard InChI is InChI=1S/C46H23N3O2/c1-2-10-27-23-37-32(22-26(27)9-1)44-46(51-37)48-45(43(47-44)31-16-5-11-24-8-3-4-13-28(24)31)49-33-19-18-25-12-6-14-29-30-15-7-17-35-39(30)42-36(50-35)21-20-34(49)41(42)40(33)38(25)29/h1-23H. The molecule has 4 heterocycles. The molecule has 0 saturated carbocycles. The second kappa shape index (κ2) is 8.97. The van der Waals surface area contributed by atoms with Gasteiger partial charge in [-0.1, -0.05) is 103 Å². The molecule has 4 aromatic heterocycles. The fourth-order valence-corrected chi connectivity index (χ4v) is 8.97. The first-order valence-electron chi connectivity index (χ1n) is 17.2. The van der Waals surface area contributed by atoms with Crippen molar-refractivity contribution in [3.8, 4) is 28.2 Å². The molecule has 0 unspecified atom stereocenters. The maximum Gasteiger partial charge on any atom is 0.248 e. The number of furan rings is 2. The highest BCUT2D eigenvalue weighted by Gasteiger charge is 2.28. The maximum atomic E-state index is 6.59. The third-order valence-electron chi connectivity index (χ3n) is 11.1. The van der Waals surface area contributed by atoms with Gasteiger partial charge in [-0.3, -0.25) is 4.57 Å². The summed E-state index contributed by atoms with van der Waals surface area (Å²) in [4.78, 5) is 11.0.